The van der Waals surface area contributed by atoms with Gasteiger partial charge in [-0.1, -0.05) is 12.1 Å². The Hall–Kier alpha value is -2.30. The van der Waals surface area contributed by atoms with Gasteiger partial charge in [0.15, 0.2) is 0 Å². The molecule has 0 radical (unpaired) electrons. The Morgan fingerprint density at radius 2 is 2.16 bits per heavy atom. The van der Waals surface area contributed by atoms with E-state index in [1.807, 2.05) is 31.2 Å². The van der Waals surface area contributed by atoms with Crippen molar-refractivity contribution in [3.05, 3.63) is 52.1 Å². The largest absolute Gasteiger partial charge is 0.492 e. The van der Waals surface area contributed by atoms with Crippen LogP contribution >= 0.6 is 0 Å². The third-order valence-corrected chi connectivity index (χ3v) is 2.53. The molecule has 5 heteroatoms. The summed E-state index contributed by atoms with van der Waals surface area (Å²) in [5.41, 5.74) is 1.01. The number of hydrogen-bond donors (Lipinski definition) is 2. The third kappa shape index (κ3) is 4.13. The summed E-state index contributed by atoms with van der Waals surface area (Å²) >= 11 is 0. The van der Waals surface area contributed by atoms with E-state index in [4.69, 9.17) is 4.74 Å². The van der Waals surface area contributed by atoms with E-state index >= 15 is 0 Å². The van der Waals surface area contributed by atoms with E-state index in [1.54, 1.807) is 6.92 Å². The van der Waals surface area contributed by atoms with Gasteiger partial charge in [0, 0.05) is 6.07 Å². The van der Waals surface area contributed by atoms with Crippen LogP contribution in [0.5, 0.6) is 5.75 Å². The fraction of sp³-hybridized carbons (Fsp3) is 0.286. The van der Waals surface area contributed by atoms with Gasteiger partial charge in [-0.2, -0.15) is 0 Å². The number of nitrogens with one attached hydrogen (secondary N) is 2. The smallest absolute Gasteiger partial charge is 0.252 e. The Balaban J connectivity index is 1.82. The van der Waals surface area contributed by atoms with Crippen molar-refractivity contribution in [1.29, 1.82) is 0 Å². The second-order valence-electron chi connectivity index (χ2n) is 4.31. The normalized spacial score (nSPS) is 10.2. The Labute approximate surface area is 111 Å². The van der Waals surface area contributed by atoms with Crippen molar-refractivity contribution >= 4 is 5.82 Å². The number of benzene rings is 1. The predicted molar refractivity (Wildman–Crippen MR) is 74.8 cm³/mol. The van der Waals surface area contributed by atoms with Gasteiger partial charge < -0.3 is 15.0 Å². The van der Waals surface area contributed by atoms with Crippen molar-refractivity contribution < 1.29 is 4.74 Å². The molecule has 0 atom stereocenters. The molecule has 2 N–H and O–H groups in total. The number of H-pyrrole nitrogens is 1. The standard InChI is InChI=1S/C14H17N3O2/c1-10-4-3-5-12(8-10)19-7-6-15-13-9-14(18)17-11(2)16-13/h3-5,8-9H,6-7H2,1-2H3,(H2,15,16,17,18). The molecule has 0 unspecified atom stereocenters. The summed E-state index contributed by atoms with van der Waals surface area (Å²) in [6.45, 7) is 4.87. The van der Waals surface area contributed by atoms with Gasteiger partial charge >= 0.3 is 0 Å². The van der Waals surface area contributed by atoms with Crippen molar-refractivity contribution in [2.75, 3.05) is 18.5 Å². The van der Waals surface area contributed by atoms with Crippen LogP contribution in [0.25, 0.3) is 0 Å². The zero-order valence-electron chi connectivity index (χ0n) is 11.1. The summed E-state index contributed by atoms with van der Waals surface area (Å²) in [6.07, 6.45) is 0. The first-order valence-electron chi connectivity index (χ1n) is 6.15. The highest BCUT2D eigenvalue weighted by molar-refractivity contribution is 5.32. The lowest BCUT2D eigenvalue weighted by molar-refractivity contribution is 0.332. The molecule has 1 aromatic carbocycles. The number of aromatic nitrogens is 2. The van der Waals surface area contributed by atoms with Crippen molar-refractivity contribution in [3.8, 4) is 5.75 Å². The lowest BCUT2D eigenvalue weighted by atomic mass is 10.2. The van der Waals surface area contributed by atoms with Crippen molar-refractivity contribution in [3.63, 3.8) is 0 Å². The Bertz CT molecular complexity index is 608. The number of aromatic amines is 1. The summed E-state index contributed by atoms with van der Waals surface area (Å²) in [6, 6.07) is 9.31. The molecule has 0 bridgehead atoms. The zero-order valence-corrected chi connectivity index (χ0v) is 11.1. The molecular weight excluding hydrogens is 242 g/mol. The average Bonchev–Trinajstić information content (AvgIpc) is 2.34. The van der Waals surface area contributed by atoms with Crippen LogP contribution in [-0.2, 0) is 0 Å². The second kappa shape index (κ2) is 6.04. The van der Waals surface area contributed by atoms with E-state index in [1.165, 1.54) is 6.07 Å². The fourth-order valence-electron chi connectivity index (χ4n) is 1.72. The van der Waals surface area contributed by atoms with Gasteiger partial charge in [-0.05, 0) is 31.5 Å². The van der Waals surface area contributed by atoms with Gasteiger partial charge in [-0.3, -0.25) is 4.79 Å². The van der Waals surface area contributed by atoms with Gasteiger partial charge in [0.1, 0.15) is 24.0 Å². The van der Waals surface area contributed by atoms with Crippen LogP contribution in [0.1, 0.15) is 11.4 Å². The van der Waals surface area contributed by atoms with E-state index in [0.717, 1.165) is 11.3 Å². The van der Waals surface area contributed by atoms with Gasteiger partial charge in [-0.15, -0.1) is 0 Å². The Morgan fingerprint density at radius 3 is 2.89 bits per heavy atom. The van der Waals surface area contributed by atoms with E-state index in [2.05, 4.69) is 15.3 Å². The maximum absolute atomic E-state index is 11.2. The lowest BCUT2D eigenvalue weighted by Gasteiger charge is -2.08. The highest BCUT2D eigenvalue weighted by Gasteiger charge is 1.98. The lowest BCUT2D eigenvalue weighted by Crippen LogP contribution is -2.16. The minimum absolute atomic E-state index is 0.158. The maximum atomic E-state index is 11.2. The molecule has 0 fully saturated rings. The number of hydrogen-bond acceptors (Lipinski definition) is 4. The number of ether oxygens (including phenoxy) is 1. The molecule has 0 aliphatic heterocycles. The average molecular weight is 259 g/mol. The number of nitrogens with zero attached hydrogens (tertiary/aromatic N) is 1. The first kappa shape index (κ1) is 13.1. The summed E-state index contributed by atoms with van der Waals surface area (Å²) in [5, 5.41) is 3.06. The summed E-state index contributed by atoms with van der Waals surface area (Å²) in [4.78, 5) is 18.0. The van der Waals surface area contributed by atoms with Gasteiger partial charge in [-0.25, -0.2) is 4.98 Å². The third-order valence-electron chi connectivity index (χ3n) is 2.53. The molecule has 2 rings (SSSR count). The molecule has 5 nitrogen and oxygen atoms in total. The number of rotatable bonds is 5. The topological polar surface area (TPSA) is 67.0 Å². The highest BCUT2D eigenvalue weighted by Crippen LogP contribution is 2.11. The number of aryl methyl sites for hydroxylation is 2. The minimum Gasteiger partial charge on any atom is -0.492 e. The van der Waals surface area contributed by atoms with Crippen LogP contribution in [-0.4, -0.2) is 23.1 Å². The molecule has 0 aliphatic carbocycles. The molecule has 100 valence electrons. The molecule has 0 saturated heterocycles. The minimum atomic E-state index is -0.158. The summed E-state index contributed by atoms with van der Waals surface area (Å²) in [5.74, 6) is 2.00. The monoisotopic (exact) mass is 259 g/mol. The Morgan fingerprint density at radius 1 is 1.32 bits per heavy atom. The molecule has 1 aromatic heterocycles. The van der Waals surface area contributed by atoms with Crippen LogP contribution in [0.4, 0.5) is 5.82 Å². The quantitative estimate of drug-likeness (QED) is 0.804. The molecule has 0 saturated carbocycles. The van der Waals surface area contributed by atoms with E-state index < -0.39 is 0 Å². The van der Waals surface area contributed by atoms with Crippen LogP contribution < -0.4 is 15.6 Å². The van der Waals surface area contributed by atoms with E-state index in [0.29, 0.717) is 24.8 Å². The molecular formula is C14H17N3O2. The van der Waals surface area contributed by atoms with Crippen LogP contribution in [0, 0.1) is 13.8 Å². The van der Waals surface area contributed by atoms with E-state index in [-0.39, 0.29) is 5.56 Å². The molecule has 0 amide bonds. The van der Waals surface area contributed by atoms with Crippen LogP contribution in [0.2, 0.25) is 0 Å². The summed E-state index contributed by atoms with van der Waals surface area (Å²) < 4.78 is 5.59. The highest BCUT2D eigenvalue weighted by atomic mass is 16.5. The van der Waals surface area contributed by atoms with Gasteiger partial charge in [0.2, 0.25) is 0 Å². The van der Waals surface area contributed by atoms with Crippen LogP contribution in [0.3, 0.4) is 0 Å². The number of anilines is 1. The first-order chi connectivity index (χ1) is 9.13. The van der Waals surface area contributed by atoms with Crippen molar-refractivity contribution in [1.82, 2.24) is 9.97 Å². The summed E-state index contributed by atoms with van der Waals surface area (Å²) in [7, 11) is 0. The molecule has 19 heavy (non-hydrogen) atoms. The molecule has 0 spiro atoms. The van der Waals surface area contributed by atoms with Gasteiger partial charge in [0.05, 0.1) is 6.54 Å². The second-order valence-corrected chi connectivity index (χ2v) is 4.31. The molecule has 0 aliphatic rings. The maximum Gasteiger partial charge on any atom is 0.252 e. The van der Waals surface area contributed by atoms with Crippen molar-refractivity contribution in [2.45, 2.75) is 13.8 Å². The zero-order chi connectivity index (χ0) is 13.7. The molecule has 2 aromatic rings. The van der Waals surface area contributed by atoms with E-state index in [9.17, 15) is 4.79 Å². The molecule has 1 heterocycles. The van der Waals surface area contributed by atoms with Crippen molar-refractivity contribution in [2.24, 2.45) is 0 Å². The first-order valence-corrected chi connectivity index (χ1v) is 6.15. The Kier molecular flexibility index (Phi) is 4.18. The van der Waals surface area contributed by atoms with Gasteiger partial charge in [0.25, 0.3) is 5.56 Å². The van der Waals surface area contributed by atoms with Crippen LogP contribution in [0.15, 0.2) is 35.1 Å². The fourth-order valence-corrected chi connectivity index (χ4v) is 1.72. The SMILES string of the molecule is Cc1cccc(OCCNc2cc(=O)[nH]c(C)n2)c1. The predicted octanol–water partition coefficient (Wildman–Crippen LogP) is 1.88.